The molecule has 2 heteroatoms. The number of aromatic nitrogens is 2. The van der Waals surface area contributed by atoms with Crippen LogP contribution >= 0.6 is 0 Å². The fraction of sp³-hybridized carbons (Fsp3) is 0.0980. The largest absolute Gasteiger partial charge is 0.228 e. The maximum Gasteiger partial charge on any atom is 0.160 e. The van der Waals surface area contributed by atoms with E-state index in [2.05, 4.69) is 178 Å². The molecule has 250 valence electrons. The molecule has 8 aromatic rings. The quantitative estimate of drug-likeness (QED) is 0.186. The number of fused-ring (bicyclic) bond motifs is 9. The van der Waals surface area contributed by atoms with Gasteiger partial charge in [-0.3, -0.25) is 0 Å². The fourth-order valence-electron chi connectivity index (χ4n) is 9.59. The van der Waals surface area contributed by atoms with Gasteiger partial charge in [0.15, 0.2) is 5.82 Å². The zero-order valence-electron chi connectivity index (χ0n) is 30.0. The average molecular weight is 677 g/mol. The van der Waals surface area contributed by atoms with E-state index >= 15 is 0 Å². The Bertz CT molecular complexity index is 2750. The lowest BCUT2D eigenvalue weighted by molar-refractivity contribution is 0.659. The minimum Gasteiger partial charge on any atom is -0.228 e. The van der Waals surface area contributed by atoms with Crippen LogP contribution in [0, 0.1) is 0 Å². The van der Waals surface area contributed by atoms with E-state index in [0.29, 0.717) is 0 Å². The van der Waals surface area contributed by atoms with Crippen LogP contribution in [0.5, 0.6) is 0 Å². The normalized spacial score (nSPS) is 16.4. The van der Waals surface area contributed by atoms with Crippen molar-refractivity contribution < 1.29 is 0 Å². The van der Waals surface area contributed by atoms with E-state index < -0.39 is 5.41 Å². The van der Waals surface area contributed by atoms with Gasteiger partial charge in [-0.05, 0) is 110 Å². The predicted molar refractivity (Wildman–Crippen MR) is 218 cm³/mol. The highest BCUT2D eigenvalue weighted by molar-refractivity contribution is 5.98. The van der Waals surface area contributed by atoms with Crippen LogP contribution in [-0.4, -0.2) is 9.97 Å². The van der Waals surface area contributed by atoms with Gasteiger partial charge in [0.05, 0.1) is 11.4 Å². The van der Waals surface area contributed by atoms with E-state index in [4.69, 9.17) is 9.97 Å². The van der Waals surface area contributed by atoms with E-state index in [-0.39, 0.29) is 5.41 Å². The Morgan fingerprint density at radius 1 is 0.340 bits per heavy atom. The van der Waals surface area contributed by atoms with E-state index in [1.165, 1.54) is 72.3 Å². The Labute approximate surface area is 310 Å². The number of benzene rings is 7. The van der Waals surface area contributed by atoms with Gasteiger partial charge in [-0.1, -0.05) is 147 Å². The van der Waals surface area contributed by atoms with Crippen LogP contribution in [0.1, 0.15) is 48.6 Å². The molecule has 0 N–H and O–H groups in total. The maximum atomic E-state index is 5.27. The monoisotopic (exact) mass is 676 g/mol. The molecule has 0 saturated heterocycles. The molecule has 3 aliphatic carbocycles. The third-order valence-electron chi connectivity index (χ3n) is 12.3. The zero-order chi connectivity index (χ0) is 35.5. The molecule has 2 nitrogen and oxygen atoms in total. The van der Waals surface area contributed by atoms with Gasteiger partial charge in [-0.2, -0.15) is 0 Å². The van der Waals surface area contributed by atoms with Crippen molar-refractivity contribution in [3.63, 3.8) is 0 Å². The number of hydrogen-bond donors (Lipinski definition) is 0. The van der Waals surface area contributed by atoms with E-state index in [1.54, 1.807) is 0 Å². The van der Waals surface area contributed by atoms with Gasteiger partial charge in [-0.15, -0.1) is 0 Å². The molecule has 11 rings (SSSR count). The minimum atomic E-state index is -0.425. The molecule has 0 radical (unpaired) electrons. The van der Waals surface area contributed by atoms with Crippen molar-refractivity contribution >= 4 is 0 Å². The molecule has 0 fully saturated rings. The first-order valence-corrected chi connectivity index (χ1v) is 18.6. The highest BCUT2D eigenvalue weighted by Crippen LogP contribution is 2.60. The minimum absolute atomic E-state index is 0.115. The van der Waals surface area contributed by atoms with Crippen molar-refractivity contribution in [1.82, 2.24) is 9.97 Å². The summed E-state index contributed by atoms with van der Waals surface area (Å²) in [6, 6.07) is 60.2. The van der Waals surface area contributed by atoms with E-state index in [9.17, 15) is 0 Å². The van der Waals surface area contributed by atoms with Crippen LogP contribution in [0.25, 0.3) is 78.4 Å². The third kappa shape index (κ3) is 4.21. The van der Waals surface area contributed by atoms with Gasteiger partial charge in [-0.25, -0.2) is 9.97 Å². The van der Waals surface area contributed by atoms with Crippen LogP contribution in [0.2, 0.25) is 0 Å². The van der Waals surface area contributed by atoms with E-state index in [1.807, 2.05) is 6.07 Å². The van der Waals surface area contributed by atoms with Gasteiger partial charge >= 0.3 is 0 Å². The van der Waals surface area contributed by atoms with Crippen molar-refractivity contribution in [3.8, 4) is 78.4 Å². The molecule has 0 spiro atoms. The van der Waals surface area contributed by atoms with Crippen molar-refractivity contribution in [1.29, 1.82) is 0 Å². The molecule has 4 bridgehead atoms. The second-order valence-corrected chi connectivity index (χ2v) is 15.5. The fourth-order valence-corrected chi connectivity index (χ4v) is 9.59. The van der Waals surface area contributed by atoms with Crippen LogP contribution in [-0.2, 0) is 10.8 Å². The van der Waals surface area contributed by atoms with Gasteiger partial charge in [0.1, 0.15) is 0 Å². The maximum absolute atomic E-state index is 5.27. The Hall–Kier alpha value is -6.38. The topological polar surface area (TPSA) is 25.8 Å². The molecule has 0 aliphatic heterocycles. The summed E-state index contributed by atoms with van der Waals surface area (Å²) < 4.78 is 0. The Balaban J connectivity index is 1.23. The molecule has 3 aliphatic rings. The first kappa shape index (κ1) is 30.3. The number of rotatable bonds is 3. The Kier molecular flexibility index (Phi) is 6.18. The molecule has 0 saturated carbocycles. The van der Waals surface area contributed by atoms with Gasteiger partial charge < -0.3 is 0 Å². The Morgan fingerprint density at radius 2 is 0.925 bits per heavy atom. The van der Waals surface area contributed by atoms with Crippen LogP contribution < -0.4 is 0 Å². The highest BCUT2D eigenvalue weighted by atomic mass is 14.9. The van der Waals surface area contributed by atoms with Gasteiger partial charge in [0.2, 0.25) is 0 Å². The SMILES string of the molecule is CC1(C)c2cc3c4cc2-c2c(cccc21)-c1cccc(c1)-c1ccc(-c2cc(-c5ccccc5)nc(-c5ccccc5)n2)cc1C4(C)c1ccccc1-3. The molecular formula is C51H36N2. The van der Waals surface area contributed by atoms with Crippen molar-refractivity contribution in [2.24, 2.45) is 0 Å². The second-order valence-electron chi connectivity index (χ2n) is 15.5. The summed E-state index contributed by atoms with van der Waals surface area (Å²) in [5.74, 6) is 0.723. The molecular weight excluding hydrogens is 641 g/mol. The second kappa shape index (κ2) is 10.8. The molecule has 53 heavy (non-hydrogen) atoms. The summed E-state index contributed by atoms with van der Waals surface area (Å²) in [6.45, 7) is 7.24. The van der Waals surface area contributed by atoms with E-state index in [0.717, 1.165) is 33.9 Å². The zero-order valence-corrected chi connectivity index (χ0v) is 30.0. The molecule has 1 atom stereocenters. The Morgan fingerprint density at radius 3 is 1.72 bits per heavy atom. The molecule has 1 unspecified atom stereocenters. The molecule has 1 aromatic heterocycles. The summed E-state index contributed by atoms with van der Waals surface area (Å²) in [6.07, 6.45) is 0. The lowest BCUT2D eigenvalue weighted by Gasteiger charge is -2.32. The predicted octanol–water partition coefficient (Wildman–Crippen LogP) is 12.8. The summed E-state index contributed by atoms with van der Waals surface area (Å²) >= 11 is 0. The summed E-state index contributed by atoms with van der Waals surface area (Å²) in [7, 11) is 0. The molecule has 7 aromatic carbocycles. The lowest BCUT2D eigenvalue weighted by Crippen LogP contribution is -2.24. The average Bonchev–Trinajstić information content (AvgIpc) is 3.61. The smallest absolute Gasteiger partial charge is 0.160 e. The van der Waals surface area contributed by atoms with Crippen LogP contribution in [0.4, 0.5) is 0 Å². The van der Waals surface area contributed by atoms with Gasteiger partial charge in [0, 0.05) is 27.5 Å². The summed E-state index contributed by atoms with van der Waals surface area (Å²) in [4.78, 5) is 10.4. The third-order valence-corrected chi connectivity index (χ3v) is 12.3. The van der Waals surface area contributed by atoms with Crippen LogP contribution in [0.3, 0.4) is 0 Å². The van der Waals surface area contributed by atoms with Crippen molar-refractivity contribution in [3.05, 3.63) is 192 Å². The summed E-state index contributed by atoms with van der Waals surface area (Å²) in [5, 5.41) is 0. The van der Waals surface area contributed by atoms with Gasteiger partial charge in [0.25, 0.3) is 0 Å². The molecule has 1 heterocycles. The first-order valence-electron chi connectivity index (χ1n) is 18.6. The molecule has 0 amide bonds. The van der Waals surface area contributed by atoms with Crippen LogP contribution in [0.15, 0.2) is 164 Å². The first-order chi connectivity index (χ1) is 25.9. The van der Waals surface area contributed by atoms with Crippen molar-refractivity contribution in [2.45, 2.75) is 31.6 Å². The highest BCUT2D eigenvalue weighted by Gasteiger charge is 2.46. The number of hydrogen-bond acceptors (Lipinski definition) is 2. The lowest BCUT2D eigenvalue weighted by atomic mass is 9.70. The standard InChI is InChI=1S/C51H36N2/c1-50(2)42-23-13-21-37-34-19-12-18-33(26-34)36-25-24-35(47-30-46(31-14-6-4-7-15-31)52-49(53-47)32-16-8-5-9-17-32)27-44(36)51(3)41-22-11-10-20-38(41)39-28-43(50)40(48(37)42)29-45(39)51/h4-30H,1-3H3. The number of nitrogens with zero attached hydrogens (tertiary/aromatic N) is 2. The summed E-state index contributed by atoms with van der Waals surface area (Å²) in [5.41, 5.74) is 21.6. The van der Waals surface area contributed by atoms with Crippen molar-refractivity contribution in [2.75, 3.05) is 0 Å².